The number of benzene rings is 2. The summed E-state index contributed by atoms with van der Waals surface area (Å²) in [4.78, 5) is 32.3. The van der Waals surface area contributed by atoms with E-state index in [1.165, 1.54) is 22.8 Å². The van der Waals surface area contributed by atoms with Crippen LogP contribution in [0.3, 0.4) is 0 Å². The lowest BCUT2D eigenvalue weighted by atomic mass is 10.2. The Labute approximate surface area is 180 Å². The highest BCUT2D eigenvalue weighted by Gasteiger charge is 2.20. The second kappa shape index (κ2) is 8.75. The smallest absolute Gasteiger partial charge is 0.330 e. The molecule has 0 aliphatic heterocycles. The zero-order chi connectivity index (χ0) is 22.0. The van der Waals surface area contributed by atoms with Gasteiger partial charge >= 0.3 is 11.7 Å². The van der Waals surface area contributed by atoms with Crippen LogP contribution < -0.4 is 16.0 Å². The van der Waals surface area contributed by atoms with E-state index in [4.69, 9.17) is 21.4 Å². The van der Waals surface area contributed by atoms with Crippen molar-refractivity contribution in [1.82, 2.24) is 19.1 Å². The van der Waals surface area contributed by atoms with Crippen molar-refractivity contribution in [3.05, 3.63) is 85.8 Å². The molecule has 0 radical (unpaired) electrons. The van der Waals surface area contributed by atoms with Gasteiger partial charge in [-0.15, -0.1) is 0 Å². The van der Waals surface area contributed by atoms with Gasteiger partial charge in [0, 0.05) is 24.2 Å². The Hall–Kier alpha value is -3.43. The van der Waals surface area contributed by atoms with E-state index in [9.17, 15) is 14.0 Å². The molecule has 4 rings (SSSR count). The van der Waals surface area contributed by atoms with Crippen molar-refractivity contribution in [2.75, 3.05) is 6.61 Å². The van der Waals surface area contributed by atoms with Crippen molar-refractivity contribution < 1.29 is 14.2 Å². The summed E-state index contributed by atoms with van der Waals surface area (Å²) in [6.45, 7) is 0.0777. The number of ether oxygens (including phenoxy) is 1. The molecule has 2 heterocycles. The highest BCUT2D eigenvalue weighted by Crippen LogP contribution is 2.25. The largest absolute Gasteiger partial charge is 0.425 e. The third-order valence-corrected chi connectivity index (χ3v) is 4.90. The van der Waals surface area contributed by atoms with Gasteiger partial charge in [-0.1, -0.05) is 29.8 Å². The van der Waals surface area contributed by atoms with Gasteiger partial charge in [-0.2, -0.15) is 4.98 Å². The monoisotopic (exact) mass is 444 g/mol. The van der Waals surface area contributed by atoms with Crippen molar-refractivity contribution in [2.45, 2.75) is 19.5 Å². The van der Waals surface area contributed by atoms with Gasteiger partial charge in [0.25, 0.3) is 5.56 Å². The van der Waals surface area contributed by atoms with Crippen LogP contribution in [-0.4, -0.2) is 30.8 Å². The maximum Gasteiger partial charge on any atom is 0.330 e. The van der Waals surface area contributed by atoms with Gasteiger partial charge in [0.1, 0.15) is 11.6 Å². The minimum Gasteiger partial charge on any atom is -0.425 e. The second-order valence-electron chi connectivity index (χ2n) is 6.83. The molecule has 4 aromatic rings. The van der Waals surface area contributed by atoms with Crippen LogP contribution in [0.15, 0.2) is 58.1 Å². The zero-order valence-corrected chi connectivity index (χ0v) is 17.0. The van der Waals surface area contributed by atoms with Crippen molar-refractivity contribution in [3.63, 3.8) is 0 Å². The SMILES string of the molecule is O=c1[nH]c2nc(Oc3cccc(F)c3)n(Cc3ccc(Cl)cc3)c2c(=O)n1CCCO. The van der Waals surface area contributed by atoms with E-state index in [1.54, 1.807) is 30.3 Å². The topological polar surface area (TPSA) is 102 Å². The molecular formula is C21H18ClFN4O4. The first-order chi connectivity index (χ1) is 15.0. The average Bonchev–Trinajstić information content (AvgIpc) is 3.06. The lowest BCUT2D eigenvalue weighted by molar-refractivity contribution is 0.278. The molecule has 2 N–H and O–H groups in total. The molecule has 0 aliphatic rings. The number of imidazole rings is 1. The third kappa shape index (κ3) is 4.37. The highest BCUT2D eigenvalue weighted by atomic mass is 35.5. The van der Waals surface area contributed by atoms with Crippen LogP contribution >= 0.6 is 11.6 Å². The molecule has 8 nitrogen and oxygen atoms in total. The van der Waals surface area contributed by atoms with Gasteiger partial charge in [0.05, 0.1) is 6.54 Å². The molecule has 0 fully saturated rings. The lowest BCUT2D eigenvalue weighted by Crippen LogP contribution is -2.36. The molecule has 2 aromatic heterocycles. The molecule has 0 spiro atoms. The molecule has 0 unspecified atom stereocenters. The Morgan fingerprint density at radius 3 is 2.61 bits per heavy atom. The maximum absolute atomic E-state index is 13.6. The number of aliphatic hydroxyl groups is 1. The molecule has 0 atom stereocenters. The van der Waals surface area contributed by atoms with Crippen molar-refractivity contribution >= 4 is 22.8 Å². The van der Waals surface area contributed by atoms with Gasteiger partial charge < -0.3 is 9.84 Å². The van der Waals surface area contributed by atoms with E-state index in [-0.39, 0.29) is 49.0 Å². The summed E-state index contributed by atoms with van der Waals surface area (Å²) in [6.07, 6.45) is 0.243. The molecule has 160 valence electrons. The summed E-state index contributed by atoms with van der Waals surface area (Å²) >= 11 is 5.96. The molecule has 0 amide bonds. The number of nitrogens with zero attached hydrogens (tertiary/aromatic N) is 3. The highest BCUT2D eigenvalue weighted by molar-refractivity contribution is 6.30. The van der Waals surface area contributed by atoms with Gasteiger partial charge in [-0.25, -0.2) is 9.18 Å². The molecule has 2 aromatic carbocycles. The van der Waals surface area contributed by atoms with E-state index in [2.05, 4.69) is 9.97 Å². The van der Waals surface area contributed by atoms with Crippen LogP contribution in [0, 0.1) is 5.82 Å². The minimum absolute atomic E-state index is 0.0169. The number of nitrogens with one attached hydrogen (secondary N) is 1. The summed E-state index contributed by atoms with van der Waals surface area (Å²) in [5.74, 6) is -0.298. The number of halogens is 2. The van der Waals surface area contributed by atoms with Crippen LogP contribution in [0.2, 0.25) is 5.02 Å². The number of aromatic amines is 1. The number of fused-ring (bicyclic) bond motifs is 1. The van der Waals surface area contributed by atoms with Gasteiger partial charge in [0.2, 0.25) is 0 Å². The van der Waals surface area contributed by atoms with Crippen molar-refractivity contribution in [1.29, 1.82) is 0 Å². The fourth-order valence-corrected chi connectivity index (χ4v) is 3.32. The number of aliphatic hydroxyl groups excluding tert-OH is 1. The quantitative estimate of drug-likeness (QED) is 0.456. The number of H-pyrrole nitrogens is 1. The maximum atomic E-state index is 13.6. The summed E-state index contributed by atoms with van der Waals surface area (Å²) in [5, 5.41) is 9.64. The number of hydrogen-bond donors (Lipinski definition) is 2. The Bertz CT molecular complexity index is 1340. The fourth-order valence-electron chi connectivity index (χ4n) is 3.19. The van der Waals surface area contributed by atoms with Crippen molar-refractivity contribution in [3.8, 4) is 11.8 Å². The fraction of sp³-hybridized carbons (Fsp3) is 0.190. The molecular weight excluding hydrogens is 427 g/mol. The standard InChI is InChI=1S/C21H18ClFN4O4/c22-14-7-5-13(6-8-14)12-27-17-18(24-20(30)26(19(17)29)9-2-10-28)25-21(27)31-16-4-1-3-15(23)11-16/h1,3-8,11,28H,2,9-10,12H2,(H,24,30). The van der Waals surface area contributed by atoms with Gasteiger partial charge in [-0.3, -0.25) is 18.9 Å². The first-order valence-corrected chi connectivity index (χ1v) is 9.86. The Morgan fingerprint density at radius 2 is 1.90 bits per heavy atom. The lowest BCUT2D eigenvalue weighted by Gasteiger charge is -2.10. The van der Waals surface area contributed by atoms with Crippen LogP contribution in [0.1, 0.15) is 12.0 Å². The van der Waals surface area contributed by atoms with Crippen molar-refractivity contribution in [2.24, 2.45) is 0 Å². The normalized spacial score (nSPS) is 11.2. The van der Waals surface area contributed by atoms with E-state index in [1.807, 2.05) is 0 Å². The summed E-state index contributed by atoms with van der Waals surface area (Å²) < 4.78 is 21.9. The predicted octanol–water partition coefficient (Wildman–Crippen LogP) is 2.90. The zero-order valence-electron chi connectivity index (χ0n) is 16.2. The van der Waals surface area contributed by atoms with Gasteiger partial charge in [-0.05, 0) is 36.2 Å². The number of aromatic nitrogens is 4. The van der Waals surface area contributed by atoms with E-state index >= 15 is 0 Å². The minimum atomic E-state index is -0.639. The third-order valence-electron chi connectivity index (χ3n) is 4.65. The van der Waals surface area contributed by atoms with Crippen LogP contribution in [0.25, 0.3) is 11.2 Å². The van der Waals surface area contributed by atoms with E-state index in [0.717, 1.165) is 10.1 Å². The molecule has 0 saturated carbocycles. The molecule has 0 saturated heterocycles. The first kappa shape index (κ1) is 20.8. The Morgan fingerprint density at radius 1 is 1.13 bits per heavy atom. The van der Waals surface area contributed by atoms with Gasteiger partial charge in [0.15, 0.2) is 11.2 Å². The first-order valence-electron chi connectivity index (χ1n) is 9.48. The summed E-state index contributed by atoms with van der Waals surface area (Å²) in [7, 11) is 0. The molecule has 0 bridgehead atoms. The van der Waals surface area contributed by atoms with Crippen LogP contribution in [0.4, 0.5) is 4.39 Å². The second-order valence-corrected chi connectivity index (χ2v) is 7.26. The van der Waals surface area contributed by atoms with Crippen LogP contribution in [0.5, 0.6) is 11.8 Å². The van der Waals surface area contributed by atoms with E-state index < -0.39 is 17.1 Å². The van der Waals surface area contributed by atoms with E-state index in [0.29, 0.717) is 5.02 Å². The van der Waals surface area contributed by atoms with Crippen LogP contribution in [-0.2, 0) is 13.1 Å². The number of rotatable bonds is 7. The Kier molecular flexibility index (Phi) is 5.88. The molecule has 0 aliphatic carbocycles. The Balaban J connectivity index is 1.88. The summed E-state index contributed by atoms with van der Waals surface area (Å²) in [5.41, 5.74) is -0.225. The molecule has 10 heteroatoms. The predicted molar refractivity (Wildman–Crippen MR) is 113 cm³/mol. The number of hydrogen-bond acceptors (Lipinski definition) is 5. The molecule has 31 heavy (non-hydrogen) atoms. The summed E-state index contributed by atoms with van der Waals surface area (Å²) in [6, 6.07) is 12.5. The average molecular weight is 445 g/mol.